The first-order chi connectivity index (χ1) is 20.1. The molecular formula is C36H73NO4. The summed E-state index contributed by atoms with van der Waals surface area (Å²) in [4.78, 5) is 12.4. The summed E-state index contributed by atoms with van der Waals surface area (Å²) in [7, 11) is 0. The van der Waals surface area contributed by atoms with Crippen LogP contribution in [0.1, 0.15) is 200 Å². The quantitative estimate of drug-likeness (QED) is 0.0579. The highest BCUT2D eigenvalue weighted by atomic mass is 16.3. The first-order valence-electron chi connectivity index (χ1n) is 18.3. The largest absolute Gasteiger partial charge is 0.394 e. The first-order valence-corrected chi connectivity index (χ1v) is 18.3. The molecule has 1 amide bonds. The Morgan fingerprint density at radius 1 is 0.488 bits per heavy atom. The van der Waals surface area contributed by atoms with E-state index in [9.17, 15) is 20.1 Å². The number of carbonyl (C=O) groups excluding carboxylic acids is 1. The molecule has 0 radical (unpaired) electrons. The molecule has 0 aliphatic carbocycles. The number of unbranched alkanes of at least 4 members (excludes halogenated alkanes) is 25. The smallest absolute Gasteiger partial charge is 0.249 e. The predicted octanol–water partition coefficient (Wildman–Crippen LogP) is 9.54. The third kappa shape index (κ3) is 27.9. The molecule has 0 aliphatic rings. The van der Waals surface area contributed by atoms with Gasteiger partial charge in [-0.05, 0) is 12.8 Å². The fourth-order valence-corrected chi connectivity index (χ4v) is 5.78. The molecule has 246 valence electrons. The standard InChI is InChI=1S/C36H73NO4/c1-3-5-7-9-11-13-15-16-17-18-19-21-22-24-26-28-30-34(39)33(32-38)37-36(41)35(40)31-29-27-25-23-20-14-12-10-8-6-4-2/h33-35,38-40H,3-32H2,1-2H3,(H,37,41). The van der Waals surface area contributed by atoms with Gasteiger partial charge in [-0.3, -0.25) is 4.79 Å². The van der Waals surface area contributed by atoms with Gasteiger partial charge in [0.25, 0.3) is 0 Å². The van der Waals surface area contributed by atoms with Crippen LogP contribution in [-0.4, -0.2) is 46.1 Å². The molecule has 0 saturated heterocycles. The topological polar surface area (TPSA) is 89.8 Å². The number of hydrogen-bond acceptors (Lipinski definition) is 4. The number of aliphatic hydroxyl groups is 3. The van der Waals surface area contributed by atoms with Crippen LogP contribution in [0.25, 0.3) is 0 Å². The molecule has 5 nitrogen and oxygen atoms in total. The minimum absolute atomic E-state index is 0.309. The van der Waals surface area contributed by atoms with Crippen LogP contribution in [-0.2, 0) is 4.79 Å². The van der Waals surface area contributed by atoms with Gasteiger partial charge in [0.05, 0.1) is 18.8 Å². The third-order valence-electron chi connectivity index (χ3n) is 8.73. The molecule has 0 aromatic carbocycles. The lowest BCUT2D eigenvalue weighted by Crippen LogP contribution is -2.49. The van der Waals surface area contributed by atoms with Crippen molar-refractivity contribution < 1.29 is 20.1 Å². The summed E-state index contributed by atoms with van der Waals surface area (Å²) in [6.07, 6.45) is 33.7. The van der Waals surface area contributed by atoms with Crippen LogP contribution in [0.5, 0.6) is 0 Å². The molecule has 0 rings (SSSR count). The van der Waals surface area contributed by atoms with Gasteiger partial charge in [0.2, 0.25) is 5.91 Å². The Hall–Kier alpha value is -0.650. The van der Waals surface area contributed by atoms with Crippen LogP contribution in [0.15, 0.2) is 0 Å². The summed E-state index contributed by atoms with van der Waals surface area (Å²) in [5, 5.41) is 33.1. The number of rotatable bonds is 33. The van der Waals surface area contributed by atoms with E-state index in [1.807, 2.05) is 0 Å². The molecule has 0 spiro atoms. The van der Waals surface area contributed by atoms with Crippen molar-refractivity contribution >= 4 is 5.91 Å². The van der Waals surface area contributed by atoms with E-state index in [4.69, 9.17) is 0 Å². The van der Waals surface area contributed by atoms with E-state index in [-0.39, 0.29) is 6.61 Å². The second-order valence-corrected chi connectivity index (χ2v) is 12.8. The Morgan fingerprint density at radius 3 is 1.10 bits per heavy atom. The minimum Gasteiger partial charge on any atom is -0.394 e. The molecule has 3 unspecified atom stereocenters. The van der Waals surface area contributed by atoms with Crippen LogP contribution in [0.3, 0.4) is 0 Å². The maximum absolute atomic E-state index is 12.4. The lowest BCUT2D eigenvalue weighted by Gasteiger charge is -2.23. The number of nitrogens with one attached hydrogen (secondary N) is 1. The average molecular weight is 584 g/mol. The van der Waals surface area contributed by atoms with Crippen molar-refractivity contribution in [3.63, 3.8) is 0 Å². The predicted molar refractivity (Wildman–Crippen MR) is 176 cm³/mol. The highest BCUT2D eigenvalue weighted by molar-refractivity contribution is 5.80. The van der Waals surface area contributed by atoms with Gasteiger partial charge >= 0.3 is 0 Å². The summed E-state index contributed by atoms with van der Waals surface area (Å²) in [5.41, 5.74) is 0. The Morgan fingerprint density at radius 2 is 0.780 bits per heavy atom. The maximum atomic E-state index is 12.4. The zero-order valence-electron chi connectivity index (χ0n) is 27.7. The molecule has 5 heteroatoms. The lowest BCUT2D eigenvalue weighted by atomic mass is 10.0. The van der Waals surface area contributed by atoms with Gasteiger partial charge in [0.1, 0.15) is 6.10 Å². The van der Waals surface area contributed by atoms with Crippen LogP contribution in [0.2, 0.25) is 0 Å². The van der Waals surface area contributed by atoms with Gasteiger partial charge in [-0.25, -0.2) is 0 Å². The van der Waals surface area contributed by atoms with Crippen LogP contribution >= 0.6 is 0 Å². The summed E-state index contributed by atoms with van der Waals surface area (Å²) in [6.45, 7) is 4.21. The Balaban J connectivity index is 3.65. The van der Waals surface area contributed by atoms with Crippen molar-refractivity contribution in [3.05, 3.63) is 0 Å². The van der Waals surface area contributed by atoms with E-state index in [2.05, 4.69) is 19.2 Å². The van der Waals surface area contributed by atoms with Crippen molar-refractivity contribution in [1.82, 2.24) is 5.32 Å². The Bertz CT molecular complexity index is 530. The molecule has 0 aromatic heterocycles. The average Bonchev–Trinajstić information content (AvgIpc) is 2.98. The van der Waals surface area contributed by atoms with Gasteiger partial charge in [-0.2, -0.15) is 0 Å². The van der Waals surface area contributed by atoms with E-state index in [1.54, 1.807) is 0 Å². The molecule has 4 N–H and O–H groups in total. The molecule has 3 atom stereocenters. The molecule has 0 fully saturated rings. The molecule has 41 heavy (non-hydrogen) atoms. The van der Waals surface area contributed by atoms with Gasteiger partial charge in [-0.15, -0.1) is 0 Å². The van der Waals surface area contributed by atoms with Gasteiger partial charge in [0, 0.05) is 0 Å². The highest BCUT2D eigenvalue weighted by Gasteiger charge is 2.23. The molecule has 0 bridgehead atoms. The highest BCUT2D eigenvalue weighted by Crippen LogP contribution is 2.16. The van der Waals surface area contributed by atoms with E-state index in [0.717, 1.165) is 32.1 Å². The van der Waals surface area contributed by atoms with E-state index in [1.165, 1.54) is 141 Å². The van der Waals surface area contributed by atoms with Crippen LogP contribution < -0.4 is 5.32 Å². The summed E-state index contributed by atoms with van der Waals surface area (Å²) in [6, 6.07) is -0.703. The maximum Gasteiger partial charge on any atom is 0.249 e. The fraction of sp³-hybridized carbons (Fsp3) is 0.972. The van der Waals surface area contributed by atoms with Gasteiger partial charge in [-0.1, -0.05) is 187 Å². The zero-order chi connectivity index (χ0) is 30.2. The normalized spacial score (nSPS) is 13.8. The number of hydrogen-bond donors (Lipinski definition) is 4. The van der Waals surface area contributed by atoms with Crippen molar-refractivity contribution in [3.8, 4) is 0 Å². The third-order valence-corrected chi connectivity index (χ3v) is 8.73. The summed E-state index contributed by atoms with van der Waals surface area (Å²) in [5.74, 6) is -0.470. The lowest BCUT2D eigenvalue weighted by molar-refractivity contribution is -0.131. The zero-order valence-corrected chi connectivity index (χ0v) is 27.7. The Labute approximate surface area is 256 Å². The summed E-state index contributed by atoms with van der Waals surface area (Å²) >= 11 is 0. The molecular weight excluding hydrogens is 510 g/mol. The van der Waals surface area contributed by atoms with Crippen LogP contribution in [0.4, 0.5) is 0 Å². The van der Waals surface area contributed by atoms with Gasteiger partial charge in [0.15, 0.2) is 0 Å². The van der Waals surface area contributed by atoms with Crippen LogP contribution in [0, 0.1) is 0 Å². The molecule has 0 heterocycles. The first kappa shape index (κ1) is 40.4. The fourth-order valence-electron chi connectivity index (χ4n) is 5.78. The van der Waals surface area contributed by atoms with Crippen molar-refractivity contribution in [2.45, 2.75) is 218 Å². The van der Waals surface area contributed by atoms with E-state index in [0.29, 0.717) is 12.8 Å². The molecule has 0 aromatic rings. The van der Waals surface area contributed by atoms with Gasteiger partial charge < -0.3 is 20.6 Å². The minimum atomic E-state index is -1.06. The number of carbonyl (C=O) groups is 1. The SMILES string of the molecule is CCCCCCCCCCCCCCCCCCC(O)C(CO)NC(=O)C(O)CCCCCCCCCCCCC. The van der Waals surface area contributed by atoms with Crippen molar-refractivity contribution in [1.29, 1.82) is 0 Å². The van der Waals surface area contributed by atoms with E-state index >= 15 is 0 Å². The monoisotopic (exact) mass is 584 g/mol. The molecule has 0 aliphatic heterocycles. The van der Waals surface area contributed by atoms with E-state index < -0.39 is 24.2 Å². The second-order valence-electron chi connectivity index (χ2n) is 12.8. The number of aliphatic hydroxyl groups excluding tert-OH is 3. The Kier molecular flexibility index (Phi) is 31.8. The molecule has 0 saturated carbocycles. The van der Waals surface area contributed by atoms with Crippen molar-refractivity contribution in [2.24, 2.45) is 0 Å². The second kappa shape index (κ2) is 32.3. The summed E-state index contributed by atoms with van der Waals surface area (Å²) < 4.78 is 0. The number of amides is 1. The van der Waals surface area contributed by atoms with Crippen molar-refractivity contribution in [2.75, 3.05) is 6.61 Å².